The Balaban J connectivity index is 1.58. The monoisotopic (exact) mass is 544 g/mol. The normalized spacial score (nSPS) is 19.5. The molecule has 6 nitrogen and oxygen atoms in total. The lowest BCUT2D eigenvalue weighted by molar-refractivity contribution is 0.0241. The predicted octanol–water partition coefficient (Wildman–Crippen LogP) is 5.85. The van der Waals surface area contributed by atoms with E-state index in [-0.39, 0.29) is 17.5 Å². The van der Waals surface area contributed by atoms with Gasteiger partial charge in [0.1, 0.15) is 12.4 Å². The van der Waals surface area contributed by atoms with Crippen molar-refractivity contribution in [1.82, 2.24) is 4.90 Å². The Hall–Kier alpha value is -2.55. The Labute approximate surface area is 221 Å². The van der Waals surface area contributed by atoms with Gasteiger partial charge in [-0.05, 0) is 49.4 Å². The highest BCUT2D eigenvalue weighted by molar-refractivity contribution is 7.93. The summed E-state index contributed by atoms with van der Waals surface area (Å²) in [7, 11) is -3.89. The molecule has 3 aromatic rings. The van der Waals surface area contributed by atoms with Gasteiger partial charge in [-0.3, -0.25) is 4.90 Å². The molecule has 2 aliphatic heterocycles. The predicted molar refractivity (Wildman–Crippen MR) is 142 cm³/mol. The number of aryl methyl sites for hydroxylation is 1. The van der Waals surface area contributed by atoms with Crippen LogP contribution in [0.4, 0.5) is 5.69 Å². The van der Waals surface area contributed by atoms with Crippen LogP contribution in [0.2, 0.25) is 10.0 Å². The molecule has 2 aliphatic rings. The molecule has 1 atom stereocenters. The molecule has 3 aromatic carbocycles. The lowest BCUT2D eigenvalue weighted by Crippen LogP contribution is -2.41. The van der Waals surface area contributed by atoms with Crippen LogP contribution in [0.5, 0.6) is 5.75 Å². The SMILES string of the molecule is Cc1ccc(S(=O)(=O)N2C(=CCOc3ccc(Cl)cc3Cl)C(N3CCOCC3)c3ccccc32)cc1. The van der Waals surface area contributed by atoms with Crippen LogP contribution in [-0.2, 0) is 14.8 Å². The molecule has 1 unspecified atom stereocenters. The third-order valence-corrected chi connectivity index (χ3v) is 8.65. The summed E-state index contributed by atoms with van der Waals surface area (Å²) in [5.41, 5.74) is 3.20. The Kier molecular flexibility index (Phi) is 7.28. The first kappa shape index (κ1) is 25.1. The summed E-state index contributed by atoms with van der Waals surface area (Å²) in [6, 6.07) is 19.3. The number of halogens is 2. The number of hydrogen-bond donors (Lipinski definition) is 0. The maximum absolute atomic E-state index is 14.0. The zero-order valence-corrected chi connectivity index (χ0v) is 22.1. The number of benzene rings is 3. The number of anilines is 1. The van der Waals surface area contributed by atoms with Gasteiger partial charge in [0, 0.05) is 23.7 Å². The average molecular weight is 545 g/mol. The summed E-state index contributed by atoms with van der Waals surface area (Å²) in [4.78, 5) is 2.49. The number of para-hydroxylation sites is 1. The Morgan fingerprint density at radius 3 is 2.47 bits per heavy atom. The highest BCUT2D eigenvalue weighted by Crippen LogP contribution is 2.48. The van der Waals surface area contributed by atoms with Gasteiger partial charge in [0.25, 0.3) is 10.0 Å². The van der Waals surface area contributed by atoms with Gasteiger partial charge in [0.05, 0.1) is 40.6 Å². The molecule has 0 bridgehead atoms. The van der Waals surface area contributed by atoms with E-state index in [1.807, 2.05) is 49.4 Å². The molecule has 2 heterocycles. The summed E-state index contributed by atoms with van der Waals surface area (Å²) < 4.78 is 41.0. The van der Waals surface area contributed by atoms with Crippen molar-refractivity contribution < 1.29 is 17.9 Å². The van der Waals surface area contributed by atoms with Crippen molar-refractivity contribution in [3.63, 3.8) is 0 Å². The highest BCUT2D eigenvalue weighted by Gasteiger charge is 2.43. The first-order chi connectivity index (χ1) is 17.4. The van der Waals surface area contributed by atoms with Gasteiger partial charge >= 0.3 is 0 Å². The molecule has 0 N–H and O–H groups in total. The molecule has 1 fully saturated rings. The number of fused-ring (bicyclic) bond motifs is 1. The quantitative estimate of drug-likeness (QED) is 0.389. The minimum Gasteiger partial charge on any atom is -0.488 e. The number of sulfonamides is 1. The number of rotatable bonds is 6. The van der Waals surface area contributed by atoms with Gasteiger partial charge in [-0.25, -0.2) is 12.7 Å². The third kappa shape index (κ3) is 4.86. The van der Waals surface area contributed by atoms with E-state index in [0.29, 0.717) is 53.5 Å². The van der Waals surface area contributed by atoms with E-state index in [1.54, 1.807) is 30.3 Å². The Morgan fingerprint density at radius 2 is 1.75 bits per heavy atom. The fraction of sp³-hybridized carbons (Fsp3) is 0.259. The van der Waals surface area contributed by atoms with Crippen LogP contribution in [0.15, 0.2) is 83.4 Å². The molecule has 9 heteroatoms. The molecule has 0 amide bonds. The first-order valence-electron chi connectivity index (χ1n) is 11.7. The minimum absolute atomic E-state index is 0.130. The van der Waals surface area contributed by atoms with Crippen LogP contribution in [0.25, 0.3) is 0 Å². The van der Waals surface area contributed by atoms with Crippen molar-refractivity contribution in [3.8, 4) is 5.75 Å². The van der Waals surface area contributed by atoms with Gasteiger partial charge in [-0.15, -0.1) is 0 Å². The average Bonchev–Trinajstić information content (AvgIpc) is 3.21. The van der Waals surface area contributed by atoms with Gasteiger partial charge in [-0.2, -0.15) is 0 Å². The molecule has 0 spiro atoms. The zero-order chi connectivity index (χ0) is 25.3. The summed E-state index contributed by atoms with van der Waals surface area (Å²) in [5, 5.41) is 0.907. The molecule has 1 saturated heterocycles. The van der Waals surface area contributed by atoms with Crippen molar-refractivity contribution in [2.24, 2.45) is 0 Å². The molecule has 0 radical (unpaired) electrons. The lowest BCUT2D eigenvalue weighted by atomic mass is 10.0. The fourth-order valence-corrected chi connectivity index (χ4v) is 6.65. The lowest BCUT2D eigenvalue weighted by Gasteiger charge is -2.34. The van der Waals surface area contributed by atoms with E-state index in [4.69, 9.17) is 32.7 Å². The van der Waals surface area contributed by atoms with E-state index in [0.717, 1.165) is 11.1 Å². The van der Waals surface area contributed by atoms with Crippen LogP contribution in [0, 0.1) is 6.92 Å². The Bertz CT molecular complexity index is 1390. The van der Waals surface area contributed by atoms with E-state index >= 15 is 0 Å². The van der Waals surface area contributed by atoms with Crippen molar-refractivity contribution >= 4 is 38.9 Å². The van der Waals surface area contributed by atoms with Gasteiger partial charge in [0.15, 0.2) is 0 Å². The summed E-state index contributed by atoms with van der Waals surface area (Å²) in [6.07, 6.45) is 1.83. The molecule has 0 aromatic heterocycles. The van der Waals surface area contributed by atoms with Crippen molar-refractivity contribution in [2.45, 2.75) is 17.9 Å². The summed E-state index contributed by atoms with van der Waals surface area (Å²) in [6.45, 7) is 4.63. The largest absolute Gasteiger partial charge is 0.488 e. The summed E-state index contributed by atoms with van der Waals surface area (Å²) in [5.74, 6) is 0.476. The van der Waals surface area contributed by atoms with Crippen molar-refractivity contribution in [3.05, 3.63) is 99.7 Å². The second-order valence-electron chi connectivity index (χ2n) is 8.71. The number of nitrogens with zero attached hydrogens (tertiary/aromatic N) is 2. The second kappa shape index (κ2) is 10.4. The fourth-order valence-electron chi connectivity index (χ4n) is 4.62. The molecular formula is C27H26Cl2N2O4S. The molecule has 5 rings (SSSR count). The molecule has 188 valence electrons. The maximum atomic E-state index is 14.0. The van der Waals surface area contributed by atoms with Crippen molar-refractivity contribution in [1.29, 1.82) is 0 Å². The van der Waals surface area contributed by atoms with Crippen LogP contribution >= 0.6 is 23.2 Å². The molecule has 36 heavy (non-hydrogen) atoms. The van der Waals surface area contributed by atoms with Crippen LogP contribution < -0.4 is 9.04 Å². The minimum atomic E-state index is -3.89. The number of ether oxygens (including phenoxy) is 2. The summed E-state index contributed by atoms with van der Waals surface area (Å²) >= 11 is 12.3. The van der Waals surface area contributed by atoms with Crippen LogP contribution in [-0.4, -0.2) is 46.2 Å². The molecule has 0 saturated carbocycles. The van der Waals surface area contributed by atoms with Gasteiger partial charge < -0.3 is 9.47 Å². The van der Waals surface area contributed by atoms with Gasteiger partial charge in [0.2, 0.25) is 0 Å². The number of morpholine rings is 1. The molecule has 0 aliphatic carbocycles. The van der Waals surface area contributed by atoms with E-state index in [2.05, 4.69) is 4.90 Å². The first-order valence-corrected chi connectivity index (χ1v) is 13.9. The van der Waals surface area contributed by atoms with Crippen LogP contribution in [0.1, 0.15) is 17.2 Å². The van der Waals surface area contributed by atoms with Crippen molar-refractivity contribution in [2.75, 3.05) is 37.2 Å². The van der Waals surface area contributed by atoms with E-state index in [1.165, 1.54) is 4.31 Å². The zero-order valence-electron chi connectivity index (χ0n) is 19.7. The van der Waals surface area contributed by atoms with Crippen LogP contribution in [0.3, 0.4) is 0 Å². The third-order valence-electron chi connectivity index (χ3n) is 6.36. The molecular weight excluding hydrogens is 519 g/mol. The highest BCUT2D eigenvalue weighted by atomic mass is 35.5. The second-order valence-corrected chi connectivity index (χ2v) is 11.3. The van der Waals surface area contributed by atoms with Gasteiger partial charge in [-0.1, -0.05) is 59.1 Å². The topological polar surface area (TPSA) is 59.1 Å². The van der Waals surface area contributed by atoms with E-state index in [9.17, 15) is 8.42 Å². The maximum Gasteiger partial charge on any atom is 0.268 e. The standard InChI is InChI=1S/C27H26Cl2N2O4S/c1-19-6-9-21(10-7-19)36(32,33)31-24-5-3-2-4-22(24)27(30-13-16-34-17-14-30)25(31)12-15-35-26-11-8-20(28)18-23(26)29/h2-12,18,27H,13-17H2,1H3. The number of hydrogen-bond acceptors (Lipinski definition) is 5. The Morgan fingerprint density at radius 1 is 1.03 bits per heavy atom. The van der Waals surface area contributed by atoms with E-state index < -0.39 is 10.0 Å². The smallest absolute Gasteiger partial charge is 0.268 e.